The van der Waals surface area contributed by atoms with Crippen molar-refractivity contribution >= 4 is 36.6 Å². The van der Waals surface area contributed by atoms with E-state index < -0.39 is 0 Å². The second kappa shape index (κ2) is 5.45. The van der Waals surface area contributed by atoms with Gasteiger partial charge in [-0.1, -0.05) is 0 Å². The van der Waals surface area contributed by atoms with E-state index in [1.165, 1.54) is 17.2 Å². The van der Waals surface area contributed by atoms with Crippen LogP contribution >= 0.6 is 0 Å². The van der Waals surface area contributed by atoms with Crippen molar-refractivity contribution < 1.29 is 4.79 Å². The normalized spacial score (nSPS) is 16.5. The van der Waals surface area contributed by atoms with Crippen LogP contribution < -0.4 is 9.67 Å². The van der Waals surface area contributed by atoms with Crippen LogP contribution in [-0.4, -0.2) is 26.5 Å². The Labute approximate surface area is 103 Å². The zero-order valence-corrected chi connectivity index (χ0v) is 11.2. The molecule has 0 bridgehead atoms. The molecule has 1 N–H and O–H groups in total. The molecule has 1 aromatic carbocycles. The molecule has 2 nitrogen and oxygen atoms in total. The van der Waals surface area contributed by atoms with E-state index >= 15 is 0 Å². The average molecular weight is 277 g/mol. The summed E-state index contributed by atoms with van der Waals surface area (Å²) in [5.41, 5.74) is 0.912. The van der Waals surface area contributed by atoms with Gasteiger partial charge in [-0.2, -0.15) is 0 Å². The van der Waals surface area contributed by atoms with Crippen molar-refractivity contribution in [3.8, 4) is 0 Å². The van der Waals surface area contributed by atoms with E-state index in [0.717, 1.165) is 18.5 Å². The van der Waals surface area contributed by atoms with Crippen LogP contribution in [0.2, 0.25) is 0 Å². The number of amides is 1. The van der Waals surface area contributed by atoms with Crippen molar-refractivity contribution in [1.29, 1.82) is 0 Å². The van der Waals surface area contributed by atoms with Crippen LogP contribution in [0, 0.1) is 5.92 Å². The third-order valence-electron chi connectivity index (χ3n) is 3.04. The van der Waals surface area contributed by atoms with Crippen LogP contribution in [0.25, 0.3) is 0 Å². The Balaban J connectivity index is 1.97. The van der Waals surface area contributed by atoms with Crippen LogP contribution in [0.5, 0.6) is 0 Å². The van der Waals surface area contributed by atoms with E-state index in [-0.39, 0.29) is 27.1 Å². The first-order chi connectivity index (χ1) is 7.79. The van der Waals surface area contributed by atoms with Gasteiger partial charge in [-0.05, 0) is 0 Å². The van der Waals surface area contributed by atoms with Gasteiger partial charge in [-0.15, -0.1) is 0 Å². The van der Waals surface area contributed by atoms with Crippen molar-refractivity contribution in [2.75, 3.05) is 5.32 Å². The van der Waals surface area contributed by atoms with Gasteiger partial charge >= 0.3 is 103 Å². The molecular weight excluding hydrogens is 261 g/mol. The molecule has 1 saturated carbocycles. The molecule has 1 aromatic rings. The summed E-state index contributed by atoms with van der Waals surface area (Å²) in [7, 11) is 0. The average Bonchev–Trinajstić information content (AvgIpc) is 2.83. The minimum absolute atomic E-state index is 0.0343. The van der Waals surface area contributed by atoms with Gasteiger partial charge in [-0.25, -0.2) is 0 Å². The second-order valence-corrected chi connectivity index (χ2v) is 5.92. The van der Waals surface area contributed by atoms with Gasteiger partial charge in [0, 0.05) is 0 Å². The fourth-order valence-electron chi connectivity index (χ4n) is 2.08. The van der Waals surface area contributed by atoms with Crippen LogP contribution in [0.4, 0.5) is 5.69 Å². The molecule has 1 aliphatic rings. The van der Waals surface area contributed by atoms with Crippen LogP contribution in [-0.2, 0) is 4.79 Å². The summed E-state index contributed by atoms with van der Waals surface area (Å²) in [6.07, 6.45) is 4.49. The molecule has 0 radical (unpaired) electrons. The monoisotopic (exact) mass is 277 g/mol. The summed E-state index contributed by atoms with van der Waals surface area (Å²) in [4.78, 5) is 11.9. The fourth-order valence-corrected chi connectivity index (χ4v) is 2.84. The predicted octanol–water partition coefficient (Wildman–Crippen LogP) is 1.58. The number of hydrogen-bond donors (Lipinski definition) is 1. The molecular formula is C13H16AsNO. The molecule has 1 amide bonds. The van der Waals surface area contributed by atoms with Crippen molar-refractivity contribution in [3.05, 3.63) is 24.3 Å². The van der Waals surface area contributed by atoms with Crippen molar-refractivity contribution in [2.24, 2.45) is 5.92 Å². The number of nitrogens with one attached hydrogen (secondary N) is 1. The molecule has 16 heavy (non-hydrogen) atoms. The van der Waals surface area contributed by atoms with Crippen LogP contribution in [0.3, 0.4) is 0 Å². The summed E-state index contributed by atoms with van der Waals surface area (Å²) in [5, 5.41) is 6.90. The summed E-state index contributed by atoms with van der Waals surface area (Å²) in [5.74, 6) is 0.423. The number of carbonyl (C=O) groups excluding carboxylic acids is 1. The molecule has 0 saturated heterocycles. The van der Waals surface area contributed by atoms with E-state index in [4.69, 9.17) is 0 Å². The second-order valence-electron chi connectivity index (χ2n) is 4.18. The summed E-state index contributed by atoms with van der Waals surface area (Å²) in [6, 6.07) is 8.06. The van der Waals surface area contributed by atoms with E-state index in [1.807, 2.05) is 12.1 Å². The fraction of sp³-hybridized carbons (Fsp3) is 0.385. The first kappa shape index (κ1) is 11.6. The van der Waals surface area contributed by atoms with Crippen LogP contribution in [0.15, 0.2) is 24.3 Å². The Hall–Kier alpha value is -0.882. The Morgan fingerprint density at radius 3 is 2.44 bits per heavy atom. The maximum atomic E-state index is 11.9. The number of benzene rings is 1. The number of hydrogen-bond acceptors (Lipinski definition) is 1. The Morgan fingerprint density at radius 1 is 1.25 bits per heavy atom. The molecule has 1 fully saturated rings. The van der Waals surface area contributed by atoms with Crippen molar-refractivity contribution in [1.82, 2.24) is 0 Å². The number of anilines is 1. The molecule has 0 heterocycles. The topological polar surface area (TPSA) is 29.1 Å². The standard InChI is InChI=1S/C13H16AsNO/c1-14-11-6-8-12(9-7-11)15-13(16)10-4-2-3-5-10/h6-10H,1-5H2,(H,15,16). The molecule has 0 aliphatic heterocycles. The SMILES string of the molecule is C=[As]c1ccc(NC(=O)C2CCCC2)cc1. The Morgan fingerprint density at radius 2 is 1.88 bits per heavy atom. The van der Waals surface area contributed by atoms with Gasteiger partial charge in [-0.3, -0.25) is 0 Å². The summed E-state index contributed by atoms with van der Waals surface area (Å²) in [6.45, 7) is 0. The van der Waals surface area contributed by atoms with E-state index in [2.05, 4.69) is 22.8 Å². The molecule has 1 aliphatic carbocycles. The van der Waals surface area contributed by atoms with Gasteiger partial charge < -0.3 is 0 Å². The van der Waals surface area contributed by atoms with Gasteiger partial charge in [0.15, 0.2) is 0 Å². The molecule has 3 heteroatoms. The van der Waals surface area contributed by atoms with E-state index in [1.54, 1.807) is 0 Å². The Kier molecular flexibility index (Phi) is 3.95. The van der Waals surface area contributed by atoms with E-state index in [0.29, 0.717) is 0 Å². The Bertz CT molecular complexity index is 379. The maximum absolute atomic E-state index is 11.9. The van der Waals surface area contributed by atoms with Crippen molar-refractivity contribution in [2.45, 2.75) is 25.7 Å². The molecule has 0 spiro atoms. The molecule has 2 rings (SSSR count). The third kappa shape index (κ3) is 2.82. The minimum atomic E-state index is 0.0343. The van der Waals surface area contributed by atoms with Crippen molar-refractivity contribution in [3.63, 3.8) is 0 Å². The van der Waals surface area contributed by atoms with Gasteiger partial charge in [0.2, 0.25) is 0 Å². The van der Waals surface area contributed by atoms with E-state index in [9.17, 15) is 4.79 Å². The predicted molar refractivity (Wildman–Crippen MR) is 69.5 cm³/mol. The third-order valence-corrected chi connectivity index (χ3v) is 4.44. The zero-order chi connectivity index (χ0) is 11.4. The zero-order valence-electron chi connectivity index (χ0n) is 9.28. The number of rotatable bonds is 3. The van der Waals surface area contributed by atoms with Gasteiger partial charge in [0.1, 0.15) is 0 Å². The molecule has 0 unspecified atom stereocenters. The number of carbonyl (C=O) groups is 1. The molecule has 84 valence electrons. The first-order valence-electron chi connectivity index (χ1n) is 5.67. The van der Waals surface area contributed by atoms with Gasteiger partial charge in [0.25, 0.3) is 0 Å². The molecule has 0 aromatic heterocycles. The molecule has 0 atom stereocenters. The quantitative estimate of drug-likeness (QED) is 0.835. The van der Waals surface area contributed by atoms with Gasteiger partial charge in [0.05, 0.1) is 0 Å². The van der Waals surface area contributed by atoms with Crippen LogP contribution in [0.1, 0.15) is 25.7 Å². The first-order valence-corrected chi connectivity index (χ1v) is 7.94. The summed E-state index contributed by atoms with van der Waals surface area (Å²) < 4.78 is 1.29. The summed E-state index contributed by atoms with van der Waals surface area (Å²) >= 11 is 0.0343.